The molecule has 26 heavy (non-hydrogen) atoms. The summed E-state index contributed by atoms with van der Waals surface area (Å²) in [5.41, 5.74) is 3.20. The number of Topliss-reactive ketones (excluding diaryl/α,β-unsaturated/α-hetero) is 1. The van der Waals surface area contributed by atoms with Crippen LogP contribution in [-0.4, -0.2) is 29.6 Å². The monoisotopic (exact) mass is 385 g/mol. The number of ketones is 1. The molecular weight excluding hydrogens is 366 g/mol. The summed E-state index contributed by atoms with van der Waals surface area (Å²) in [6, 6.07) is 15.4. The zero-order valence-electron chi connectivity index (χ0n) is 14.6. The first-order chi connectivity index (χ1) is 12.7. The molecule has 0 aliphatic rings. The van der Waals surface area contributed by atoms with Gasteiger partial charge in [-0.1, -0.05) is 47.4 Å². The second kappa shape index (κ2) is 8.82. The molecule has 0 atom stereocenters. The third-order valence-corrected chi connectivity index (χ3v) is 5.89. The van der Waals surface area contributed by atoms with Crippen LogP contribution in [0.15, 0.2) is 52.9 Å². The van der Waals surface area contributed by atoms with E-state index in [0.29, 0.717) is 10.7 Å². The van der Waals surface area contributed by atoms with Crippen molar-refractivity contribution in [2.24, 2.45) is 0 Å². The molecule has 0 aliphatic heterocycles. The van der Waals surface area contributed by atoms with Gasteiger partial charge in [-0.05, 0) is 42.3 Å². The van der Waals surface area contributed by atoms with Gasteiger partial charge in [-0.3, -0.25) is 4.79 Å². The normalized spacial score (nSPS) is 10.5. The van der Waals surface area contributed by atoms with Gasteiger partial charge in [0.25, 0.3) is 0 Å². The lowest BCUT2D eigenvalue weighted by molar-refractivity contribution is 0.101. The topological polar surface area (TPSA) is 64.1 Å². The number of benzene rings is 2. The number of rotatable bonds is 8. The van der Waals surface area contributed by atoms with Crippen molar-refractivity contribution in [3.63, 3.8) is 0 Å². The van der Waals surface area contributed by atoms with E-state index >= 15 is 0 Å². The number of hydrogen-bond acceptors (Lipinski definition) is 7. The third kappa shape index (κ3) is 4.83. The number of anilines is 1. The van der Waals surface area contributed by atoms with E-state index in [9.17, 15) is 4.79 Å². The largest absolute Gasteiger partial charge is 0.497 e. The Kier molecular flexibility index (Phi) is 6.25. The molecule has 0 bridgehead atoms. The minimum Gasteiger partial charge on any atom is -0.497 e. The maximum Gasteiger partial charge on any atom is 0.206 e. The Morgan fingerprint density at radius 3 is 2.65 bits per heavy atom. The number of nitrogens with zero attached hydrogens (tertiary/aromatic N) is 2. The minimum absolute atomic E-state index is 0.00281. The number of nitrogens with one attached hydrogen (secondary N) is 1. The van der Waals surface area contributed by atoms with Crippen LogP contribution in [0.2, 0.25) is 0 Å². The van der Waals surface area contributed by atoms with Crippen molar-refractivity contribution in [2.45, 2.75) is 17.0 Å². The fourth-order valence-electron chi connectivity index (χ4n) is 2.29. The van der Waals surface area contributed by atoms with Crippen molar-refractivity contribution < 1.29 is 9.53 Å². The van der Waals surface area contributed by atoms with Crippen LogP contribution in [0.3, 0.4) is 0 Å². The van der Waals surface area contributed by atoms with Crippen LogP contribution >= 0.6 is 23.1 Å². The lowest BCUT2D eigenvalue weighted by Crippen LogP contribution is -2.13. The molecule has 1 aromatic heterocycles. The Balaban J connectivity index is 1.51. The molecule has 2 aromatic carbocycles. The number of thioether (sulfide) groups is 1. The maximum absolute atomic E-state index is 12.2. The number of aryl methyl sites for hydroxylation is 1. The Bertz CT molecular complexity index is 879. The molecule has 0 fully saturated rings. The lowest BCUT2D eigenvalue weighted by Gasteiger charge is -2.03. The van der Waals surface area contributed by atoms with E-state index in [2.05, 4.69) is 34.6 Å². The van der Waals surface area contributed by atoms with Gasteiger partial charge in [0.1, 0.15) is 5.75 Å². The van der Waals surface area contributed by atoms with Crippen LogP contribution in [0.25, 0.3) is 0 Å². The van der Waals surface area contributed by atoms with Crippen LogP contribution in [0.5, 0.6) is 5.75 Å². The molecule has 3 aromatic rings. The third-order valence-electron chi connectivity index (χ3n) is 3.83. The van der Waals surface area contributed by atoms with Gasteiger partial charge in [-0.2, -0.15) is 0 Å². The van der Waals surface area contributed by atoms with Gasteiger partial charge in [0.2, 0.25) is 5.13 Å². The fourth-order valence-corrected chi connectivity index (χ4v) is 4.11. The smallest absolute Gasteiger partial charge is 0.206 e. The maximum atomic E-state index is 12.2. The number of carbonyl (C=O) groups excluding carboxylic acids is 1. The van der Waals surface area contributed by atoms with Crippen LogP contribution in [0.1, 0.15) is 21.5 Å². The summed E-state index contributed by atoms with van der Waals surface area (Å²) in [4.78, 5) is 12.2. The standard InChI is InChI=1S/C19H19N3O2S2/c1-13-5-3-4-6-15(13)12-25-19-22-21-18(26-19)20-11-17(23)14-7-9-16(24-2)10-8-14/h3-10H,11-12H2,1-2H3,(H,20,21). The molecule has 5 nitrogen and oxygen atoms in total. The van der Waals surface area contributed by atoms with E-state index in [-0.39, 0.29) is 12.3 Å². The molecule has 0 radical (unpaired) electrons. The molecule has 1 N–H and O–H groups in total. The summed E-state index contributed by atoms with van der Waals surface area (Å²) in [6.45, 7) is 2.29. The summed E-state index contributed by atoms with van der Waals surface area (Å²) in [5.74, 6) is 1.58. The Morgan fingerprint density at radius 1 is 1.15 bits per heavy atom. The number of aromatic nitrogens is 2. The number of hydrogen-bond donors (Lipinski definition) is 1. The summed E-state index contributed by atoms with van der Waals surface area (Å²) in [6.07, 6.45) is 0. The average molecular weight is 386 g/mol. The van der Waals surface area contributed by atoms with Crippen molar-refractivity contribution >= 4 is 34.0 Å². The average Bonchev–Trinajstić information content (AvgIpc) is 3.13. The summed E-state index contributed by atoms with van der Waals surface area (Å²) in [5, 5.41) is 12.0. The van der Waals surface area contributed by atoms with Gasteiger partial charge in [0, 0.05) is 11.3 Å². The van der Waals surface area contributed by atoms with E-state index in [0.717, 1.165) is 15.8 Å². The van der Waals surface area contributed by atoms with Crippen LogP contribution in [-0.2, 0) is 5.75 Å². The molecule has 1 heterocycles. The molecule has 3 rings (SSSR count). The second-order valence-corrected chi connectivity index (χ2v) is 7.79. The molecule has 0 spiro atoms. The SMILES string of the molecule is COc1ccc(C(=O)CNc2nnc(SCc3ccccc3C)s2)cc1. The first-order valence-corrected chi connectivity index (χ1v) is 9.88. The van der Waals surface area contributed by atoms with Crippen molar-refractivity contribution in [1.82, 2.24) is 10.2 Å². The Hall–Kier alpha value is -2.38. The summed E-state index contributed by atoms with van der Waals surface area (Å²) in [7, 11) is 1.60. The zero-order chi connectivity index (χ0) is 18.4. The lowest BCUT2D eigenvalue weighted by atomic mass is 10.1. The highest BCUT2D eigenvalue weighted by Crippen LogP contribution is 2.29. The van der Waals surface area contributed by atoms with Crippen molar-refractivity contribution in [2.75, 3.05) is 19.0 Å². The number of ether oxygens (including phenoxy) is 1. The van der Waals surface area contributed by atoms with E-state index in [4.69, 9.17) is 4.74 Å². The highest BCUT2D eigenvalue weighted by molar-refractivity contribution is 8.00. The fraction of sp³-hybridized carbons (Fsp3) is 0.211. The highest BCUT2D eigenvalue weighted by atomic mass is 32.2. The molecule has 0 unspecified atom stereocenters. The zero-order valence-corrected chi connectivity index (χ0v) is 16.2. The minimum atomic E-state index is -0.00281. The van der Waals surface area contributed by atoms with Gasteiger partial charge in [-0.25, -0.2) is 0 Å². The molecule has 134 valence electrons. The predicted octanol–water partition coefficient (Wildman–Crippen LogP) is 4.44. The van der Waals surface area contributed by atoms with Gasteiger partial charge in [0.15, 0.2) is 10.1 Å². The predicted molar refractivity (Wildman–Crippen MR) is 106 cm³/mol. The van der Waals surface area contributed by atoms with Crippen LogP contribution < -0.4 is 10.1 Å². The number of carbonyl (C=O) groups is 1. The number of methoxy groups -OCH3 is 1. The first kappa shape index (κ1) is 18.4. The summed E-state index contributed by atoms with van der Waals surface area (Å²) >= 11 is 3.11. The highest BCUT2D eigenvalue weighted by Gasteiger charge is 2.09. The van der Waals surface area contributed by atoms with Crippen LogP contribution in [0.4, 0.5) is 5.13 Å². The van der Waals surface area contributed by atoms with E-state index in [1.807, 2.05) is 12.1 Å². The molecule has 0 saturated carbocycles. The second-order valence-electron chi connectivity index (χ2n) is 5.59. The summed E-state index contributed by atoms with van der Waals surface area (Å²) < 4.78 is 5.98. The van der Waals surface area contributed by atoms with Crippen molar-refractivity contribution in [1.29, 1.82) is 0 Å². The van der Waals surface area contributed by atoms with E-state index < -0.39 is 0 Å². The van der Waals surface area contributed by atoms with Gasteiger partial charge < -0.3 is 10.1 Å². The van der Waals surface area contributed by atoms with E-state index in [1.165, 1.54) is 22.5 Å². The van der Waals surface area contributed by atoms with Crippen LogP contribution in [0, 0.1) is 6.92 Å². The molecular formula is C19H19N3O2S2. The molecule has 0 amide bonds. The van der Waals surface area contributed by atoms with Gasteiger partial charge in [0.05, 0.1) is 13.7 Å². The van der Waals surface area contributed by atoms with Gasteiger partial charge in [-0.15, -0.1) is 10.2 Å². The molecule has 7 heteroatoms. The molecule has 0 saturated heterocycles. The van der Waals surface area contributed by atoms with Crippen molar-refractivity contribution in [3.05, 3.63) is 65.2 Å². The van der Waals surface area contributed by atoms with Gasteiger partial charge >= 0.3 is 0 Å². The molecule has 0 aliphatic carbocycles. The Morgan fingerprint density at radius 2 is 1.92 bits per heavy atom. The first-order valence-electron chi connectivity index (χ1n) is 8.07. The quantitative estimate of drug-likeness (QED) is 0.457. The van der Waals surface area contributed by atoms with E-state index in [1.54, 1.807) is 43.1 Å². The Labute approximate surface area is 160 Å². The van der Waals surface area contributed by atoms with Crippen molar-refractivity contribution in [3.8, 4) is 5.75 Å².